The smallest absolute Gasteiger partial charge is 0.256 e. The third-order valence-corrected chi connectivity index (χ3v) is 4.56. The summed E-state index contributed by atoms with van der Waals surface area (Å²) in [5, 5.41) is 5.76. The number of carbonyl (C=O) groups is 2. The molecule has 1 aromatic carbocycles. The number of nitrogens with one attached hydrogen (secondary N) is 2. The molecular formula is C20H20N4O3. The van der Waals surface area contributed by atoms with Crippen LogP contribution in [0.3, 0.4) is 0 Å². The number of hydrogen-bond acceptors (Lipinski definition) is 5. The summed E-state index contributed by atoms with van der Waals surface area (Å²) in [6, 6.07) is 9.34. The molecule has 3 heterocycles. The van der Waals surface area contributed by atoms with Crippen LogP contribution in [0.1, 0.15) is 18.2 Å². The molecule has 7 nitrogen and oxygen atoms in total. The molecule has 1 aromatic heterocycles. The monoisotopic (exact) mass is 364 g/mol. The molecule has 138 valence electrons. The van der Waals surface area contributed by atoms with E-state index in [9.17, 15) is 9.59 Å². The van der Waals surface area contributed by atoms with E-state index in [-0.39, 0.29) is 11.8 Å². The SMILES string of the molecule is CC(=O)Nc1cc2c(cc1N1CCOCC1)/C(=C\c1ccccn1)C(=O)N2. The Labute approximate surface area is 157 Å². The van der Waals surface area contributed by atoms with Crippen molar-refractivity contribution >= 4 is 40.5 Å². The highest BCUT2D eigenvalue weighted by atomic mass is 16.5. The van der Waals surface area contributed by atoms with Crippen LogP contribution < -0.4 is 15.5 Å². The molecule has 1 saturated heterocycles. The van der Waals surface area contributed by atoms with Crippen molar-refractivity contribution in [2.45, 2.75) is 6.92 Å². The Bertz CT molecular complexity index is 918. The first-order chi connectivity index (χ1) is 13.1. The molecule has 0 spiro atoms. The molecule has 2 aliphatic rings. The van der Waals surface area contributed by atoms with Crippen molar-refractivity contribution in [3.63, 3.8) is 0 Å². The van der Waals surface area contributed by atoms with Crippen LogP contribution in [0, 0.1) is 0 Å². The minimum atomic E-state index is -0.177. The topological polar surface area (TPSA) is 83.6 Å². The van der Waals surface area contributed by atoms with Gasteiger partial charge >= 0.3 is 0 Å². The second-order valence-corrected chi connectivity index (χ2v) is 6.46. The average Bonchev–Trinajstić information content (AvgIpc) is 2.96. The molecule has 4 rings (SSSR count). The van der Waals surface area contributed by atoms with Gasteiger partial charge in [-0.25, -0.2) is 0 Å². The number of hydrogen-bond donors (Lipinski definition) is 2. The number of benzene rings is 1. The van der Waals surface area contributed by atoms with Gasteiger partial charge in [0.25, 0.3) is 5.91 Å². The van der Waals surface area contributed by atoms with E-state index in [0.717, 1.165) is 30.0 Å². The van der Waals surface area contributed by atoms with Crippen molar-refractivity contribution in [1.29, 1.82) is 0 Å². The zero-order valence-electron chi connectivity index (χ0n) is 15.0. The summed E-state index contributed by atoms with van der Waals surface area (Å²) in [4.78, 5) is 30.6. The standard InChI is InChI=1S/C20H20N4O3/c1-13(25)22-18-12-17-15(11-19(18)24-6-8-27-9-7-24)16(20(26)23-17)10-14-4-2-3-5-21-14/h2-5,10-12H,6-9H2,1H3,(H,22,25)(H,23,26)/b16-10+. The second kappa shape index (κ2) is 7.20. The van der Waals surface area contributed by atoms with Crippen molar-refractivity contribution in [2.24, 2.45) is 0 Å². The maximum absolute atomic E-state index is 12.5. The second-order valence-electron chi connectivity index (χ2n) is 6.46. The summed E-state index contributed by atoms with van der Waals surface area (Å²) in [6.07, 6.45) is 3.47. The van der Waals surface area contributed by atoms with E-state index in [0.29, 0.717) is 30.2 Å². The molecule has 1 fully saturated rings. The van der Waals surface area contributed by atoms with E-state index in [2.05, 4.69) is 20.5 Å². The van der Waals surface area contributed by atoms with Crippen LogP contribution >= 0.6 is 0 Å². The number of nitrogens with zero attached hydrogens (tertiary/aromatic N) is 2. The molecule has 0 saturated carbocycles. The number of pyridine rings is 1. The molecule has 0 unspecified atom stereocenters. The van der Waals surface area contributed by atoms with Crippen molar-refractivity contribution < 1.29 is 14.3 Å². The molecule has 2 aliphatic heterocycles. The number of ether oxygens (including phenoxy) is 1. The van der Waals surface area contributed by atoms with Crippen LogP contribution in [-0.4, -0.2) is 43.1 Å². The van der Waals surface area contributed by atoms with E-state index in [1.54, 1.807) is 12.3 Å². The number of morpholine rings is 1. The number of amides is 2. The Morgan fingerprint density at radius 3 is 2.81 bits per heavy atom. The summed E-state index contributed by atoms with van der Waals surface area (Å²) < 4.78 is 5.44. The van der Waals surface area contributed by atoms with E-state index >= 15 is 0 Å². The fraction of sp³-hybridized carbons (Fsp3) is 0.250. The van der Waals surface area contributed by atoms with Gasteiger partial charge in [-0.3, -0.25) is 14.6 Å². The van der Waals surface area contributed by atoms with Crippen molar-refractivity contribution in [1.82, 2.24) is 4.98 Å². The third kappa shape index (κ3) is 3.54. The van der Waals surface area contributed by atoms with Gasteiger partial charge in [0.1, 0.15) is 0 Å². The minimum Gasteiger partial charge on any atom is -0.378 e. The molecule has 0 aliphatic carbocycles. The summed E-state index contributed by atoms with van der Waals surface area (Å²) >= 11 is 0. The highest BCUT2D eigenvalue weighted by Gasteiger charge is 2.28. The van der Waals surface area contributed by atoms with E-state index in [4.69, 9.17) is 4.74 Å². The molecule has 2 amide bonds. The lowest BCUT2D eigenvalue weighted by molar-refractivity contribution is -0.114. The molecule has 2 N–H and O–H groups in total. The molecule has 0 bridgehead atoms. The van der Waals surface area contributed by atoms with Crippen LogP contribution in [-0.2, 0) is 14.3 Å². The maximum Gasteiger partial charge on any atom is 0.256 e. The molecule has 2 aromatic rings. The summed E-state index contributed by atoms with van der Waals surface area (Å²) in [5.41, 5.74) is 4.34. The van der Waals surface area contributed by atoms with Gasteiger partial charge in [-0.05, 0) is 30.3 Å². The van der Waals surface area contributed by atoms with Crippen LogP contribution in [0.25, 0.3) is 11.6 Å². The first kappa shape index (κ1) is 17.2. The van der Waals surface area contributed by atoms with E-state index < -0.39 is 0 Å². The quantitative estimate of drug-likeness (QED) is 0.817. The lowest BCUT2D eigenvalue weighted by atomic mass is 10.0. The molecule has 7 heteroatoms. The van der Waals surface area contributed by atoms with E-state index in [1.165, 1.54) is 6.92 Å². The van der Waals surface area contributed by atoms with Gasteiger partial charge < -0.3 is 20.3 Å². The van der Waals surface area contributed by atoms with Crippen LogP contribution in [0.15, 0.2) is 36.5 Å². The van der Waals surface area contributed by atoms with Crippen molar-refractivity contribution in [3.05, 3.63) is 47.8 Å². The lowest BCUT2D eigenvalue weighted by Gasteiger charge is -2.31. The van der Waals surface area contributed by atoms with E-state index in [1.807, 2.05) is 30.3 Å². The van der Waals surface area contributed by atoms with Gasteiger partial charge in [-0.1, -0.05) is 6.07 Å². The Morgan fingerprint density at radius 2 is 2.11 bits per heavy atom. The Hall–Kier alpha value is -3.19. The van der Waals surface area contributed by atoms with Crippen LogP contribution in [0.5, 0.6) is 0 Å². The van der Waals surface area contributed by atoms with Crippen LogP contribution in [0.4, 0.5) is 17.1 Å². The van der Waals surface area contributed by atoms with Gasteiger partial charge in [0.2, 0.25) is 5.91 Å². The fourth-order valence-corrected chi connectivity index (χ4v) is 3.33. The Morgan fingerprint density at radius 1 is 1.30 bits per heavy atom. The first-order valence-electron chi connectivity index (χ1n) is 8.84. The average molecular weight is 364 g/mol. The van der Waals surface area contributed by atoms with Gasteiger partial charge in [-0.15, -0.1) is 0 Å². The predicted molar refractivity (Wildman–Crippen MR) is 105 cm³/mol. The van der Waals surface area contributed by atoms with Crippen molar-refractivity contribution in [2.75, 3.05) is 41.8 Å². The number of fused-ring (bicyclic) bond motifs is 1. The fourth-order valence-electron chi connectivity index (χ4n) is 3.33. The highest BCUT2D eigenvalue weighted by molar-refractivity contribution is 6.35. The minimum absolute atomic E-state index is 0.155. The number of anilines is 3. The van der Waals surface area contributed by atoms with Gasteiger partial charge in [0.15, 0.2) is 0 Å². The Kier molecular flexibility index (Phi) is 4.60. The molecule has 0 radical (unpaired) electrons. The maximum atomic E-state index is 12.5. The summed E-state index contributed by atoms with van der Waals surface area (Å²) in [6.45, 7) is 4.19. The zero-order chi connectivity index (χ0) is 18.8. The van der Waals surface area contributed by atoms with Gasteiger partial charge in [0, 0.05) is 31.8 Å². The summed E-state index contributed by atoms with van der Waals surface area (Å²) in [7, 11) is 0. The third-order valence-electron chi connectivity index (χ3n) is 4.56. The molecule has 27 heavy (non-hydrogen) atoms. The molecule has 0 atom stereocenters. The first-order valence-corrected chi connectivity index (χ1v) is 8.84. The Balaban J connectivity index is 1.80. The zero-order valence-corrected chi connectivity index (χ0v) is 15.0. The van der Waals surface area contributed by atoms with Crippen LogP contribution in [0.2, 0.25) is 0 Å². The predicted octanol–water partition coefficient (Wildman–Crippen LogP) is 2.37. The number of rotatable bonds is 3. The number of aromatic nitrogens is 1. The largest absolute Gasteiger partial charge is 0.378 e. The molecular weight excluding hydrogens is 344 g/mol. The van der Waals surface area contributed by atoms with Gasteiger partial charge in [0.05, 0.1) is 41.5 Å². The summed E-state index contributed by atoms with van der Waals surface area (Å²) in [5.74, 6) is -0.332. The van der Waals surface area contributed by atoms with Crippen molar-refractivity contribution in [3.8, 4) is 0 Å². The normalized spacial score (nSPS) is 17.6. The number of carbonyl (C=O) groups excluding carboxylic acids is 2. The highest BCUT2D eigenvalue weighted by Crippen LogP contribution is 2.40. The van der Waals surface area contributed by atoms with Gasteiger partial charge in [-0.2, -0.15) is 0 Å². The lowest BCUT2D eigenvalue weighted by Crippen LogP contribution is -2.36.